The van der Waals surface area contributed by atoms with Gasteiger partial charge in [0.05, 0.1) is 18.2 Å². The highest BCUT2D eigenvalue weighted by atomic mass is 35.5. The lowest BCUT2D eigenvalue weighted by Crippen LogP contribution is -2.09. The molecule has 3 rings (SSSR count). The van der Waals surface area contributed by atoms with Crippen LogP contribution in [0.3, 0.4) is 0 Å². The van der Waals surface area contributed by atoms with Crippen molar-refractivity contribution in [3.63, 3.8) is 0 Å². The van der Waals surface area contributed by atoms with Crippen LogP contribution in [-0.4, -0.2) is 29.5 Å². The Kier molecular flexibility index (Phi) is 4.99. The van der Waals surface area contributed by atoms with Crippen LogP contribution >= 0.6 is 11.6 Å². The summed E-state index contributed by atoms with van der Waals surface area (Å²) in [6.07, 6.45) is 2.38. The molecular weight excluding hydrogens is 346 g/mol. The van der Waals surface area contributed by atoms with Gasteiger partial charge in [0.1, 0.15) is 12.3 Å². The van der Waals surface area contributed by atoms with Gasteiger partial charge >= 0.3 is 5.97 Å². The van der Waals surface area contributed by atoms with Crippen LogP contribution in [0.25, 0.3) is 0 Å². The number of hydrogen-bond acceptors (Lipinski definition) is 5. The number of halogens is 1. The van der Waals surface area contributed by atoms with Gasteiger partial charge in [0.15, 0.2) is 17.3 Å². The molecule has 0 amide bonds. The monoisotopic (exact) mass is 363 g/mol. The van der Waals surface area contributed by atoms with Crippen molar-refractivity contribution in [3.8, 4) is 11.5 Å². The van der Waals surface area contributed by atoms with Gasteiger partial charge in [0.25, 0.3) is 0 Å². The van der Waals surface area contributed by atoms with E-state index in [1.54, 1.807) is 29.9 Å². The van der Waals surface area contributed by atoms with Crippen molar-refractivity contribution in [1.29, 1.82) is 0 Å². The Morgan fingerprint density at radius 3 is 2.72 bits per heavy atom. The summed E-state index contributed by atoms with van der Waals surface area (Å²) in [6.45, 7) is 2.58. The van der Waals surface area contributed by atoms with Crippen molar-refractivity contribution in [2.75, 3.05) is 13.2 Å². The van der Waals surface area contributed by atoms with Gasteiger partial charge in [0.2, 0.25) is 0 Å². The number of aryl methyl sites for hydroxylation is 1. The van der Waals surface area contributed by atoms with Gasteiger partial charge in [-0.2, -0.15) is 0 Å². The summed E-state index contributed by atoms with van der Waals surface area (Å²) in [4.78, 5) is 23.7. The zero-order valence-electron chi connectivity index (χ0n) is 14.0. The minimum atomic E-state index is -0.516. The van der Waals surface area contributed by atoms with Crippen LogP contribution in [0.2, 0.25) is 5.02 Å². The number of fused-ring (bicyclic) bond motifs is 1. The lowest BCUT2D eigenvalue weighted by atomic mass is 10.2. The molecule has 132 valence electrons. The largest absolute Gasteiger partial charge is 0.489 e. The molecule has 0 atom stereocenters. The molecule has 0 bridgehead atoms. The fourth-order valence-corrected chi connectivity index (χ4v) is 2.84. The molecule has 0 aliphatic carbocycles. The number of hydrogen-bond donors (Lipinski definition) is 0. The Morgan fingerprint density at radius 2 is 2.00 bits per heavy atom. The van der Waals surface area contributed by atoms with Gasteiger partial charge in [-0.25, -0.2) is 4.79 Å². The van der Waals surface area contributed by atoms with E-state index in [1.165, 1.54) is 13.0 Å². The summed E-state index contributed by atoms with van der Waals surface area (Å²) in [5, 5.41) is 0.420. The second-order valence-electron chi connectivity index (χ2n) is 5.81. The van der Waals surface area contributed by atoms with E-state index < -0.39 is 5.97 Å². The summed E-state index contributed by atoms with van der Waals surface area (Å²) in [6, 6.07) is 4.96. The molecule has 1 aromatic heterocycles. The molecule has 2 heterocycles. The van der Waals surface area contributed by atoms with Crippen LogP contribution in [0.15, 0.2) is 24.4 Å². The Morgan fingerprint density at radius 1 is 1.24 bits per heavy atom. The van der Waals surface area contributed by atoms with Crippen LogP contribution in [0.4, 0.5) is 0 Å². The molecule has 2 aromatic rings. The van der Waals surface area contributed by atoms with E-state index in [9.17, 15) is 9.59 Å². The molecule has 0 fully saturated rings. The summed E-state index contributed by atoms with van der Waals surface area (Å²) in [7, 11) is 1.69. The number of carbonyl (C=O) groups is 2. The number of benzene rings is 1. The minimum Gasteiger partial charge on any atom is -0.489 e. The third-order valence-corrected chi connectivity index (χ3v) is 4.13. The maximum atomic E-state index is 12.3. The number of carbonyl (C=O) groups excluding carboxylic acids is 2. The molecule has 0 unspecified atom stereocenters. The topological polar surface area (TPSA) is 66.8 Å². The summed E-state index contributed by atoms with van der Waals surface area (Å²) in [5.41, 5.74) is 1.47. The van der Waals surface area contributed by atoms with Crippen molar-refractivity contribution < 1.29 is 23.8 Å². The lowest BCUT2D eigenvalue weighted by Gasteiger charge is -2.12. The first kappa shape index (κ1) is 17.4. The molecule has 0 saturated heterocycles. The average Bonchev–Trinajstić information content (AvgIpc) is 2.80. The number of ether oxygens (including phenoxy) is 3. The average molecular weight is 364 g/mol. The molecule has 1 aromatic carbocycles. The van der Waals surface area contributed by atoms with Crippen LogP contribution in [0.1, 0.15) is 39.8 Å². The zero-order valence-corrected chi connectivity index (χ0v) is 14.8. The molecule has 0 radical (unpaired) electrons. The quantitative estimate of drug-likeness (QED) is 0.615. The third kappa shape index (κ3) is 3.79. The van der Waals surface area contributed by atoms with E-state index in [1.807, 2.05) is 0 Å². The molecular formula is C18H18ClNO5. The molecule has 1 aliphatic rings. The van der Waals surface area contributed by atoms with Gasteiger partial charge in [-0.05, 0) is 30.7 Å². The smallest absolute Gasteiger partial charge is 0.355 e. The highest BCUT2D eigenvalue weighted by molar-refractivity contribution is 6.32. The predicted octanol–water partition coefficient (Wildman–Crippen LogP) is 3.40. The van der Waals surface area contributed by atoms with Crippen LogP contribution < -0.4 is 9.47 Å². The van der Waals surface area contributed by atoms with E-state index in [2.05, 4.69) is 0 Å². The first-order valence-electron chi connectivity index (χ1n) is 7.88. The predicted molar refractivity (Wildman–Crippen MR) is 91.6 cm³/mol. The normalized spacial score (nSPS) is 13.2. The standard InChI is InChI=1S/C18H18ClNO5/c1-11(21)13-8-15(20(2)9-13)18(22)25-10-12-6-14(19)17-16(7-12)23-4-3-5-24-17/h6-9H,3-5,10H2,1-2H3. The van der Waals surface area contributed by atoms with Crippen LogP contribution in [0, 0.1) is 0 Å². The Labute approximate surface area is 150 Å². The fraction of sp³-hybridized carbons (Fsp3) is 0.333. The Hall–Kier alpha value is -2.47. The van der Waals surface area contributed by atoms with E-state index in [0.717, 1.165) is 6.42 Å². The van der Waals surface area contributed by atoms with Crippen molar-refractivity contribution in [3.05, 3.63) is 46.2 Å². The second-order valence-corrected chi connectivity index (χ2v) is 6.22. The molecule has 25 heavy (non-hydrogen) atoms. The Bertz CT molecular complexity index is 827. The minimum absolute atomic E-state index is 0.0375. The van der Waals surface area contributed by atoms with Crippen molar-refractivity contribution in [2.45, 2.75) is 20.0 Å². The van der Waals surface area contributed by atoms with Gasteiger partial charge in [-0.1, -0.05) is 11.6 Å². The fourth-order valence-electron chi connectivity index (χ4n) is 2.55. The Balaban J connectivity index is 1.73. The van der Waals surface area contributed by atoms with E-state index in [0.29, 0.717) is 46.6 Å². The van der Waals surface area contributed by atoms with E-state index >= 15 is 0 Å². The zero-order chi connectivity index (χ0) is 18.0. The highest BCUT2D eigenvalue weighted by Crippen LogP contribution is 2.38. The summed E-state index contributed by atoms with van der Waals surface area (Å²) >= 11 is 6.23. The van der Waals surface area contributed by atoms with Crippen molar-refractivity contribution >= 4 is 23.4 Å². The molecule has 0 spiro atoms. The maximum Gasteiger partial charge on any atom is 0.355 e. The maximum absolute atomic E-state index is 12.3. The summed E-state index contributed by atoms with van der Waals surface area (Å²) < 4.78 is 18.1. The van der Waals surface area contributed by atoms with Gasteiger partial charge in [-0.15, -0.1) is 0 Å². The second kappa shape index (κ2) is 7.19. The van der Waals surface area contributed by atoms with Crippen LogP contribution in [0.5, 0.6) is 11.5 Å². The molecule has 1 aliphatic heterocycles. The van der Waals surface area contributed by atoms with Gasteiger partial charge in [0, 0.05) is 25.2 Å². The van der Waals surface area contributed by atoms with Crippen molar-refractivity contribution in [1.82, 2.24) is 4.57 Å². The van der Waals surface area contributed by atoms with Gasteiger partial charge in [-0.3, -0.25) is 4.79 Å². The van der Waals surface area contributed by atoms with Gasteiger partial charge < -0.3 is 18.8 Å². The van der Waals surface area contributed by atoms with Crippen LogP contribution in [-0.2, 0) is 18.4 Å². The number of rotatable bonds is 4. The first-order chi connectivity index (χ1) is 12.0. The molecule has 7 heteroatoms. The van der Waals surface area contributed by atoms with E-state index in [4.69, 9.17) is 25.8 Å². The number of aromatic nitrogens is 1. The first-order valence-corrected chi connectivity index (χ1v) is 8.26. The number of esters is 1. The summed E-state index contributed by atoms with van der Waals surface area (Å²) in [5.74, 6) is 0.444. The molecule has 0 N–H and O–H groups in total. The number of Topliss-reactive ketones (excluding diaryl/α,β-unsaturated/α-hetero) is 1. The van der Waals surface area contributed by atoms with E-state index in [-0.39, 0.29) is 12.4 Å². The third-order valence-electron chi connectivity index (χ3n) is 3.85. The number of ketones is 1. The molecule has 0 saturated carbocycles. The molecule has 6 nitrogen and oxygen atoms in total. The SMILES string of the molecule is CC(=O)c1cc(C(=O)OCc2cc(Cl)c3c(c2)OCCCO3)n(C)c1. The highest BCUT2D eigenvalue weighted by Gasteiger charge is 2.18. The lowest BCUT2D eigenvalue weighted by molar-refractivity contribution is 0.0461. The number of nitrogens with zero attached hydrogens (tertiary/aromatic N) is 1. The van der Waals surface area contributed by atoms with Crippen molar-refractivity contribution in [2.24, 2.45) is 7.05 Å².